The van der Waals surface area contributed by atoms with E-state index in [1.54, 1.807) is 16.2 Å². The minimum Gasteiger partial charge on any atom is -0.469 e. The van der Waals surface area contributed by atoms with E-state index in [2.05, 4.69) is 4.74 Å². The summed E-state index contributed by atoms with van der Waals surface area (Å²) in [5, 5.41) is 1.98. The zero-order valence-corrected chi connectivity index (χ0v) is 9.83. The molecule has 1 aliphatic rings. The average molecular weight is 239 g/mol. The fourth-order valence-electron chi connectivity index (χ4n) is 1.84. The standard InChI is InChI=1S/C11H13NO3S/c1-15-11(14)8-5-10(13)12(6-8)7-9-3-2-4-16-9/h2-4,8H,5-7H2,1H3. The van der Waals surface area contributed by atoms with Crippen molar-refractivity contribution in [1.29, 1.82) is 0 Å². The highest BCUT2D eigenvalue weighted by atomic mass is 32.1. The minimum absolute atomic E-state index is 0.0313. The Balaban J connectivity index is 1.97. The van der Waals surface area contributed by atoms with Crippen LogP contribution in [0.1, 0.15) is 11.3 Å². The summed E-state index contributed by atoms with van der Waals surface area (Å²) in [6.45, 7) is 1.08. The molecule has 0 spiro atoms. The van der Waals surface area contributed by atoms with Crippen molar-refractivity contribution in [1.82, 2.24) is 4.90 Å². The molecule has 0 bridgehead atoms. The fraction of sp³-hybridized carbons (Fsp3) is 0.455. The summed E-state index contributed by atoms with van der Waals surface area (Å²) in [5.74, 6) is -0.553. The lowest BCUT2D eigenvalue weighted by Crippen LogP contribution is -2.25. The molecule has 1 unspecified atom stereocenters. The summed E-state index contributed by atoms with van der Waals surface area (Å²) >= 11 is 1.62. The van der Waals surface area contributed by atoms with Crippen LogP contribution in [-0.2, 0) is 20.9 Å². The summed E-state index contributed by atoms with van der Waals surface area (Å²) < 4.78 is 4.65. The SMILES string of the molecule is COC(=O)C1CC(=O)N(Cc2cccs2)C1. The molecule has 0 N–H and O–H groups in total. The van der Waals surface area contributed by atoms with E-state index in [4.69, 9.17) is 0 Å². The highest BCUT2D eigenvalue weighted by Crippen LogP contribution is 2.22. The normalized spacial score (nSPS) is 20.2. The lowest BCUT2D eigenvalue weighted by Gasteiger charge is -2.14. The Labute approximate surface area is 97.8 Å². The summed E-state index contributed by atoms with van der Waals surface area (Å²) in [6.07, 6.45) is 0.276. The van der Waals surface area contributed by atoms with E-state index in [1.807, 2.05) is 17.5 Å². The molecule has 1 aromatic heterocycles. The Morgan fingerprint density at radius 2 is 2.50 bits per heavy atom. The minimum atomic E-state index is -0.294. The van der Waals surface area contributed by atoms with Crippen LogP contribution in [0.25, 0.3) is 0 Å². The summed E-state index contributed by atoms with van der Waals surface area (Å²) in [5.41, 5.74) is 0. The molecule has 1 saturated heterocycles. The van der Waals surface area contributed by atoms with Crippen molar-refractivity contribution in [2.45, 2.75) is 13.0 Å². The first-order valence-corrected chi connectivity index (χ1v) is 5.96. The van der Waals surface area contributed by atoms with Crippen LogP contribution < -0.4 is 0 Å². The van der Waals surface area contributed by atoms with Crippen LogP contribution in [0.2, 0.25) is 0 Å². The van der Waals surface area contributed by atoms with Gasteiger partial charge in [-0.05, 0) is 11.4 Å². The molecule has 1 fully saturated rings. The second-order valence-corrected chi connectivity index (χ2v) is 4.81. The van der Waals surface area contributed by atoms with E-state index in [0.29, 0.717) is 13.1 Å². The lowest BCUT2D eigenvalue weighted by atomic mass is 10.1. The predicted octanol–water partition coefficient (Wildman–Crippen LogP) is 1.27. The van der Waals surface area contributed by atoms with Crippen LogP contribution in [0.15, 0.2) is 17.5 Å². The molecular weight excluding hydrogens is 226 g/mol. The van der Waals surface area contributed by atoms with Gasteiger partial charge >= 0.3 is 5.97 Å². The van der Waals surface area contributed by atoms with E-state index >= 15 is 0 Å². The molecule has 16 heavy (non-hydrogen) atoms. The molecule has 1 aromatic rings. The van der Waals surface area contributed by atoms with Crippen LogP contribution in [-0.4, -0.2) is 30.4 Å². The van der Waals surface area contributed by atoms with Crippen molar-refractivity contribution in [3.05, 3.63) is 22.4 Å². The van der Waals surface area contributed by atoms with E-state index in [1.165, 1.54) is 7.11 Å². The number of carbonyl (C=O) groups is 2. The van der Waals surface area contributed by atoms with Gasteiger partial charge in [0.1, 0.15) is 0 Å². The summed E-state index contributed by atoms with van der Waals surface area (Å²) in [4.78, 5) is 25.8. The van der Waals surface area contributed by atoms with Crippen molar-refractivity contribution in [2.24, 2.45) is 5.92 Å². The Kier molecular flexibility index (Phi) is 3.24. The van der Waals surface area contributed by atoms with Crippen molar-refractivity contribution in [3.8, 4) is 0 Å². The van der Waals surface area contributed by atoms with E-state index in [0.717, 1.165) is 4.88 Å². The molecule has 2 rings (SSSR count). The van der Waals surface area contributed by atoms with Gasteiger partial charge in [0, 0.05) is 17.8 Å². The van der Waals surface area contributed by atoms with Gasteiger partial charge in [-0.1, -0.05) is 6.07 Å². The quantitative estimate of drug-likeness (QED) is 0.746. The van der Waals surface area contributed by atoms with Gasteiger partial charge < -0.3 is 9.64 Å². The van der Waals surface area contributed by atoms with E-state index in [-0.39, 0.29) is 24.2 Å². The summed E-state index contributed by atoms with van der Waals surface area (Å²) in [6, 6.07) is 3.95. The van der Waals surface area contributed by atoms with Gasteiger partial charge in [-0.25, -0.2) is 0 Å². The molecule has 1 atom stereocenters. The van der Waals surface area contributed by atoms with E-state index < -0.39 is 0 Å². The van der Waals surface area contributed by atoms with Crippen LogP contribution >= 0.6 is 11.3 Å². The molecule has 0 radical (unpaired) electrons. The maximum absolute atomic E-state index is 11.7. The molecule has 0 saturated carbocycles. The van der Waals surface area contributed by atoms with Gasteiger partial charge in [-0.2, -0.15) is 0 Å². The number of likely N-dealkylation sites (tertiary alicyclic amines) is 1. The number of esters is 1. The molecule has 0 aliphatic carbocycles. The van der Waals surface area contributed by atoms with Gasteiger partial charge in [0.15, 0.2) is 0 Å². The molecular formula is C11H13NO3S. The van der Waals surface area contributed by atoms with Gasteiger partial charge in [0.25, 0.3) is 0 Å². The Bertz CT molecular complexity index is 388. The van der Waals surface area contributed by atoms with Crippen molar-refractivity contribution >= 4 is 23.2 Å². The first kappa shape index (κ1) is 11.1. The maximum Gasteiger partial charge on any atom is 0.310 e. The second-order valence-electron chi connectivity index (χ2n) is 3.78. The first-order chi connectivity index (χ1) is 7.70. The predicted molar refractivity (Wildman–Crippen MR) is 59.9 cm³/mol. The van der Waals surface area contributed by atoms with Gasteiger partial charge in [-0.15, -0.1) is 11.3 Å². The summed E-state index contributed by atoms with van der Waals surface area (Å²) in [7, 11) is 1.36. The molecule has 4 nitrogen and oxygen atoms in total. The van der Waals surface area contributed by atoms with Crippen molar-refractivity contribution < 1.29 is 14.3 Å². The molecule has 1 amide bonds. The maximum atomic E-state index is 11.7. The van der Waals surface area contributed by atoms with Gasteiger partial charge in [-0.3, -0.25) is 9.59 Å². The van der Waals surface area contributed by atoms with Crippen molar-refractivity contribution in [3.63, 3.8) is 0 Å². The number of methoxy groups -OCH3 is 1. The number of rotatable bonds is 3. The van der Waals surface area contributed by atoms with Gasteiger partial charge in [0.2, 0.25) is 5.91 Å². The molecule has 1 aliphatic heterocycles. The fourth-order valence-corrected chi connectivity index (χ4v) is 2.56. The zero-order chi connectivity index (χ0) is 11.5. The Hall–Kier alpha value is -1.36. The number of ether oxygens (including phenoxy) is 1. The third kappa shape index (κ3) is 2.24. The smallest absolute Gasteiger partial charge is 0.310 e. The number of hydrogen-bond acceptors (Lipinski definition) is 4. The number of thiophene rings is 1. The molecule has 86 valence electrons. The number of carbonyl (C=O) groups excluding carboxylic acids is 2. The first-order valence-electron chi connectivity index (χ1n) is 5.08. The highest BCUT2D eigenvalue weighted by Gasteiger charge is 2.34. The Morgan fingerprint density at radius 3 is 3.12 bits per heavy atom. The third-order valence-electron chi connectivity index (χ3n) is 2.68. The lowest BCUT2D eigenvalue weighted by molar-refractivity contribution is -0.145. The molecule has 5 heteroatoms. The van der Waals surface area contributed by atoms with Gasteiger partial charge in [0.05, 0.1) is 19.6 Å². The largest absolute Gasteiger partial charge is 0.469 e. The number of amides is 1. The zero-order valence-electron chi connectivity index (χ0n) is 9.01. The van der Waals surface area contributed by atoms with Crippen LogP contribution in [0.3, 0.4) is 0 Å². The highest BCUT2D eigenvalue weighted by molar-refractivity contribution is 7.09. The van der Waals surface area contributed by atoms with Crippen LogP contribution in [0, 0.1) is 5.92 Å². The molecule has 2 heterocycles. The molecule has 0 aromatic carbocycles. The van der Waals surface area contributed by atoms with Crippen molar-refractivity contribution in [2.75, 3.05) is 13.7 Å². The number of nitrogens with zero attached hydrogens (tertiary/aromatic N) is 1. The topological polar surface area (TPSA) is 46.6 Å². The van der Waals surface area contributed by atoms with E-state index in [9.17, 15) is 9.59 Å². The van der Waals surface area contributed by atoms with Crippen LogP contribution in [0.5, 0.6) is 0 Å². The third-order valence-corrected chi connectivity index (χ3v) is 3.54. The second kappa shape index (κ2) is 4.65. The number of hydrogen-bond donors (Lipinski definition) is 0. The Morgan fingerprint density at radius 1 is 1.69 bits per heavy atom. The average Bonchev–Trinajstić information content (AvgIpc) is 2.89. The monoisotopic (exact) mass is 239 g/mol. The van der Waals surface area contributed by atoms with Crippen LogP contribution in [0.4, 0.5) is 0 Å².